The predicted molar refractivity (Wildman–Crippen MR) is 86.2 cm³/mol. The van der Waals surface area contributed by atoms with Crippen LogP contribution in [-0.4, -0.2) is 61.6 Å². The average molecular weight is 304 g/mol. The molecule has 22 heavy (non-hydrogen) atoms. The van der Waals surface area contributed by atoms with Gasteiger partial charge in [-0.2, -0.15) is 5.10 Å². The molecule has 0 saturated carbocycles. The fourth-order valence-electron chi connectivity index (χ4n) is 2.69. The van der Waals surface area contributed by atoms with Gasteiger partial charge in [0.25, 0.3) is 0 Å². The van der Waals surface area contributed by atoms with Crippen molar-refractivity contribution in [1.29, 1.82) is 0 Å². The molecule has 6 nitrogen and oxygen atoms in total. The second-order valence-corrected chi connectivity index (χ2v) is 5.83. The Bertz CT molecular complexity index is 607. The zero-order chi connectivity index (χ0) is 15.4. The van der Waals surface area contributed by atoms with Crippen LogP contribution in [0.4, 0.5) is 0 Å². The van der Waals surface area contributed by atoms with Gasteiger partial charge in [-0.25, -0.2) is 0 Å². The van der Waals surface area contributed by atoms with Crippen LogP contribution in [0.1, 0.15) is 12.1 Å². The van der Waals surface area contributed by atoms with Gasteiger partial charge < -0.3 is 14.8 Å². The van der Waals surface area contributed by atoms with Crippen molar-refractivity contribution in [3.05, 3.63) is 23.9 Å². The number of nitrogens with one attached hydrogen (secondary N) is 2. The number of fused-ring (bicyclic) bond motifs is 1. The van der Waals surface area contributed by atoms with Crippen molar-refractivity contribution in [2.45, 2.75) is 19.1 Å². The van der Waals surface area contributed by atoms with E-state index >= 15 is 0 Å². The molecule has 0 amide bonds. The van der Waals surface area contributed by atoms with E-state index in [1.165, 1.54) is 0 Å². The summed E-state index contributed by atoms with van der Waals surface area (Å²) in [5, 5.41) is 11.8. The topological polar surface area (TPSA) is 62.4 Å². The lowest BCUT2D eigenvalue weighted by atomic mass is 10.2. The molecule has 120 valence electrons. The lowest BCUT2D eigenvalue weighted by molar-refractivity contribution is 0.141. The maximum Gasteiger partial charge on any atom is 0.124 e. The van der Waals surface area contributed by atoms with Crippen LogP contribution in [0.15, 0.2) is 18.2 Å². The van der Waals surface area contributed by atoms with E-state index < -0.39 is 0 Å². The summed E-state index contributed by atoms with van der Waals surface area (Å²) >= 11 is 0. The Morgan fingerprint density at radius 3 is 3.18 bits per heavy atom. The Balaban J connectivity index is 1.73. The highest BCUT2D eigenvalue weighted by atomic mass is 16.5. The molecule has 0 bridgehead atoms. The van der Waals surface area contributed by atoms with Gasteiger partial charge in [-0.15, -0.1) is 0 Å². The van der Waals surface area contributed by atoms with Crippen molar-refractivity contribution in [3.63, 3.8) is 0 Å². The number of H-pyrrole nitrogens is 1. The minimum Gasteiger partial charge on any atom is -0.488 e. The third-order valence-corrected chi connectivity index (χ3v) is 3.97. The number of hydrogen-bond donors (Lipinski definition) is 2. The summed E-state index contributed by atoms with van der Waals surface area (Å²) < 4.78 is 11.3. The third kappa shape index (κ3) is 3.58. The van der Waals surface area contributed by atoms with Crippen LogP contribution in [0.5, 0.6) is 5.75 Å². The minimum atomic E-state index is 0.172. The molecular formula is C16H24N4O2. The quantitative estimate of drug-likeness (QED) is 0.809. The van der Waals surface area contributed by atoms with Crippen LogP contribution in [0, 0.1) is 0 Å². The molecule has 1 unspecified atom stereocenters. The fourth-order valence-corrected chi connectivity index (χ4v) is 2.69. The zero-order valence-corrected chi connectivity index (χ0v) is 13.3. The van der Waals surface area contributed by atoms with E-state index in [4.69, 9.17) is 9.47 Å². The van der Waals surface area contributed by atoms with Gasteiger partial charge in [0.05, 0.1) is 24.4 Å². The van der Waals surface area contributed by atoms with Gasteiger partial charge >= 0.3 is 0 Å². The molecular weight excluding hydrogens is 280 g/mol. The lowest BCUT2D eigenvalue weighted by Crippen LogP contribution is -2.27. The number of aromatic nitrogens is 2. The van der Waals surface area contributed by atoms with Gasteiger partial charge in [0, 0.05) is 31.4 Å². The van der Waals surface area contributed by atoms with Gasteiger partial charge in [-0.05, 0) is 32.3 Å². The maximum atomic E-state index is 5.99. The van der Waals surface area contributed by atoms with Crippen molar-refractivity contribution < 1.29 is 9.47 Å². The highest BCUT2D eigenvalue weighted by Crippen LogP contribution is 2.24. The third-order valence-electron chi connectivity index (χ3n) is 3.97. The molecule has 1 aliphatic heterocycles. The van der Waals surface area contributed by atoms with E-state index in [0.29, 0.717) is 6.61 Å². The number of ether oxygens (including phenoxy) is 2. The van der Waals surface area contributed by atoms with Crippen molar-refractivity contribution >= 4 is 10.9 Å². The highest BCUT2D eigenvalue weighted by Gasteiger charge is 2.18. The summed E-state index contributed by atoms with van der Waals surface area (Å²) in [4.78, 5) is 2.27. The number of rotatable bonds is 7. The second-order valence-electron chi connectivity index (χ2n) is 5.83. The van der Waals surface area contributed by atoms with Gasteiger partial charge in [-0.3, -0.25) is 10.00 Å². The van der Waals surface area contributed by atoms with Gasteiger partial charge in [0.2, 0.25) is 0 Å². The molecule has 1 fully saturated rings. The number of aromatic amines is 1. The smallest absolute Gasteiger partial charge is 0.124 e. The Hall–Kier alpha value is -1.63. The maximum absolute atomic E-state index is 5.99. The van der Waals surface area contributed by atoms with Gasteiger partial charge in [-0.1, -0.05) is 0 Å². The summed E-state index contributed by atoms with van der Waals surface area (Å²) in [5.41, 5.74) is 2.11. The largest absolute Gasteiger partial charge is 0.488 e. The molecule has 1 atom stereocenters. The summed E-state index contributed by atoms with van der Waals surface area (Å²) in [7, 11) is 4.08. The van der Waals surface area contributed by atoms with Crippen molar-refractivity contribution in [1.82, 2.24) is 20.4 Å². The molecule has 0 radical (unpaired) electrons. The van der Waals surface area contributed by atoms with Crippen LogP contribution in [0.3, 0.4) is 0 Å². The van der Waals surface area contributed by atoms with Crippen molar-refractivity contribution in [2.75, 3.05) is 40.4 Å². The minimum absolute atomic E-state index is 0.172. The zero-order valence-electron chi connectivity index (χ0n) is 13.3. The monoisotopic (exact) mass is 304 g/mol. The van der Waals surface area contributed by atoms with Crippen LogP contribution in [0.2, 0.25) is 0 Å². The number of hydrogen-bond acceptors (Lipinski definition) is 5. The Morgan fingerprint density at radius 2 is 2.41 bits per heavy atom. The van der Waals surface area contributed by atoms with E-state index in [2.05, 4.69) is 33.5 Å². The first-order valence-corrected chi connectivity index (χ1v) is 7.81. The predicted octanol–water partition coefficient (Wildman–Crippen LogP) is 1.38. The molecule has 2 heterocycles. The van der Waals surface area contributed by atoms with Gasteiger partial charge in [0.1, 0.15) is 11.9 Å². The van der Waals surface area contributed by atoms with Crippen molar-refractivity contribution in [3.8, 4) is 5.75 Å². The normalized spacial score (nSPS) is 18.4. The Labute approximate surface area is 130 Å². The standard InChI is InChI=1S/C16H24N4O2/c1-17-6-7-20(2)10-16-14-9-12(3-4-15(14)18-19-16)22-13-5-8-21-11-13/h3-4,9,13,17H,5-8,10-11H2,1-2H3,(H,18,19). The fraction of sp³-hybridized carbons (Fsp3) is 0.562. The SMILES string of the molecule is CNCCN(C)Cc1[nH]nc2ccc(OC3CCOC3)cc12. The first kappa shape index (κ1) is 15.3. The molecule has 0 aliphatic carbocycles. The number of nitrogens with zero attached hydrogens (tertiary/aromatic N) is 2. The van der Waals surface area contributed by atoms with E-state index in [0.717, 1.165) is 55.0 Å². The summed E-state index contributed by atoms with van der Waals surface area (Å²) in [6.07, 6.45) is 1.13. The van der Waals surface area contributed by atoms with Crippen LogP contribution >= 0.6 is 0 Å². The molecule has 0 spiro atoms. The average Bonchev–Trinajstić information content (AvgIpc) is 3.16. The molecule has 1 aromatic carbocycles. The molecule has 2 aromatic rings. The molecule has 1 aliphatic rings. The van der Waals surface area contributed by atoms with E-state index in [9.17, 15) is 0 Å². The lowest BCUT2D eigenvalue weighted by Gasteiger charge is -2.15. The second kappa shape index (κ2) is 7.09. The summed E-state index contributed by atoms with van der Waals surface area (Å²) in [5.74, 6) is 0.892. The number of benzene rings is 1. The Kier molecular flexibility index (Phi) is 4.92. The first-order valence-electron chi connectivity index (χ1n) is 7.81. The van der Waals surface area contributed by atoms with Crippen LogP contribution < -0.4 is 10.1 Å². The van der Waals surface area contributed by atoms with E-state index in [-0.39, 0.29) is 6.10 Å². The van der Waals surface area contributed by atoms with Crippen LogP contribution in [-0.2, 0) is 11.3 Å². The Morgan fingerprint density at radius 1 is 1.50 bits per heavy atom. The summed E-state index contributed by atoms with van der Waals surface area (Å²) in [6, 6.07) is 6.07. The highest BCUT2D eigenvalue weighted by molar-refractivity contribution is 5.82. The van der Waals surface area contributed by atoms with E-state index in [1.54, 1.807) is 0 Å². The number of likely N-dealkylation sites (N-methyl/N-ethyl adjacent to an activating group) is 2. The van der Waals surface area contributed by atoms with E-state index in [1.807, 2.05) is 19.2 Å². The molecule has 2 N–H and O–H groups in total. The molecule has 1 aromatic heterocycles. The molecule has 3 rings (SSSR count). The molecule has 6 heteroatoms. The summed E-state index contributed by atoms with van der Waals surface area (Å²) in [6.45, 7) is 4.28. The van der Waals surface area contributed by atoms with Crippen LogP contribution in [0.25, 0.3) is 10.9 Å². The van der Waals surface area contributed by atoms with Gasteiger partial charge in [0.15, 0.2) is 0 Å². The van der Waals surface area contributed by atoms with Crippen molar-refractivity contribution in [2.24, 2.45) is 0 Å². The first-order chi connectivity index (χ1) is 10.8. The molecule has 1 saturated heterocycles.